The summed E-state index contributed by atoms with van der Waals surface area (Å²) in [7, 11) is -2.79. The average Bonchev–Trinajstić information content (AvgIpc) is 2.79. The molecular weight excluding hydrogens is 444 g/mol. The van der Waals surface area contributed by atoms with Crippen molar-refractivity contribution in [3.8, 4) is 5.75 Å². The Labute approximate surface area is 183 Å². The summed E-state index contributed by atoms with van der Waals surface area (Å²) in [4.78, 5) is 27.8. The maximum absolute atomic E-state index is 12.9. The number of rotatable bonds is 8. The van der Waals surface area contributed by atoms with E-state index in [0.29, 0.717) is 5.75 Å². The molecular formula is C21H17ClN2O6S. The van der Waals surface area contributed by atoms with E-state index in [1.54, 1.807) is 12.1 Å². The molecule has 160 valence electrons. The van der Waals surface area contributed by atoms with E-state index >= 15 is 0 Å². The number of ketones is 1. The molecule has 10 heteroatoms. The zero-order valence-electron chi connectivity index (χ0n) is 16.2. The first-order valence-electron chi connectivity index (χ1n) is 8.87. The van der Waals surface area contributed by atoms with Crippen LogP contribution in [0.4, 0.5) is 5.69 Å². The first-order valence-corrected chi connectivity index (χ1v) is 10.7. The fourth-order valence-electron chi connectivity index (χ4n) is 2.57. The number of methoxy groups -OCH3 is 1. The highest BCUT2D eigenvalue weighted by atomic mass is 35.5. The Morgan fingerprint density at radius 2 is 1.84 bits per heavy atom. The van der Waals surface area contributed by atoms with Gasteiger partial charge in [0.25, 0.3) is 10.0 Å². The monoisotopic (exact) mass is 460 g/mol. The summed E-state index contributed by atoms with van der Waals surface area (Å²) in [5.41, 5.74) is 0.448. The lowest BCUT2D eigenvalue weighted by atomic mass is 10.0. The minimum Gasteiger partial charge on any atom is -0.482 e. The van der Waals surface area contributed by atoms with Crippen LogP contribution in [0.3, 0.4) is 0 Å². The highest BCUT2D eigenvalue weighted by Gasteiger charge is 2.20. The molecule has 0 saturated heterocycles. The summed E-state index contributed by atoms with van der Waals surface area (Å²) >= 11 is 6.02. The predicted molar refractivity (Wildman–Crippen MR) is 114 cm³/mol. The molecule has 0 fully saturated rings. The van der Waals surface area contributed by atoms with Crippen molar-refractivity contribution in [2.75, 3.05) is 18.4 Å². The molecule has 0 radical (unpaired) electrons. The first-order chi connectivity index (χ1) is 14.8. The lowest BCUT2D eigenvalue weighted by molar-refractivity contribution is -0.142. The summed E-state index contributed by atoms with van der Waals surface area (Å²) in [6.45, 7) is -0.300. The third-order valence-electron chi connectivity index (χ3n) is 4.11. The highest BCUT2D eigenvalue weighted by molar-refractivity contribution is 7.92. The number of halogens is 1. The molecule has 0 amide bonds. The van der Waals surface area contributed by atoms with Crippen LogP contribution in [0.2, 0.25) is 5.02 Å². The smallest absolute Gasteiger partial charge is 0.343 e. The Morgan fingerprint density at radius 3 is 2.48 bits per heavy atom. The summed E-state index contributed by atoms with van der Waals surface area (Å²) in [5.74, 6) is -0.699. The Morgan fingerprint density at radius 1 is 1.10 bits per heavy atom. The van der Waals surface area contributed by atoms with Crippen molar-refractivity contribution in [3.63, 3.8) is 0 Å². The van der Waals surface area contributed by atoms with Gasteiger partial charge in [0.1, 0.15) is 5.75 Å². The van der Waals surface area contributed by atoms with E-state index in [1.807, 2.05) is 0 Å². The van der Waals surface area contributed by atoms with Crippen molar-refractivity contribution in [2.45, 2.75) is 4.90 Å². The quantitative estimate of drug-likeness (QED) is 0.405. The molecule has 0 aliphatic heterocycles. The Kier molecular flexibility index (Phi) is 6.88. The van der Waals surface area contributed by atoms with Gasteiger partial charge < -0.3 is 9.47 Å². The number of nitrogens with one attached hydrogen (secondary N) is 1. The van der Waals surface area contributed by atoms with E-state index in [9.17, 15) is 18.0 Å². The van der Waals surface area contributed by atoms with Crippen molar-refractivity contribution in [1.29, 1.82) is 0 Å². The van der Waals surface area contributed by atoms with Gasteiger partial charge in [-0.05, 0) is 54.6 Å². The van der Waals surface area contributed by atoms with Crippen LogP contribution in [-0.4, -0.2) is 38.9 Å². The highest BCUT2D eigenvalue weighted by Crippen LogP contribution is 2.26. The van der Waals surface area contributed by atoms with Crippen LogP contribution >= 0.6 is 11.6 Å². The fraction of sp³-hybridized carbons (Fsp3) is 0.0952. The SMILES string of the molecule is COC(=O)COc1ccc(S(=O)(=O)Nc2ccc(Cl)cc2C(=O)c2cccnc2)cc1. The van der Waals surface area contributed by atoms with Gasteiger partial charge >= 0.3 is 5.97 Å². The zero-order valence-corrected chi connectivity index (χ0v) is 17.8. The topological polar surface area (TPSA) is 112 Å². The van der Waals surface area contributed by atoms with Crippen molar-refractivity contribution < 1.29 is 27.5 Å². The molecule has 3 rings (SSSR count). The van der Waals surface area contributed by atoms with Crippen molar-refractivity contribution in [1.82, 2.24) is 4.98 Å². The summed E-state index contributed by atoms with van der Waals surface area (Å²) in [6.07, 6.45) is 2.91. The third kappa shape index (κ3) is 5.59. The lowest BCUT2D eigenvalue weighted by Gasteiger charge is -2.13. The number of pyridine rings is 1. The number of benzene rings is 2. The van der Waals surface area contributed by atoms with Gasteiger partial charge in [-0.25, -0.2) is 13.2 Å². The van der Waals surface area contributed by atoms with Crippen LogP contribution < -0.4 is 9.46 Å². The van der Waals surface area contributed by atoms with Gasteiger partial charge in [0.15, 0.2) is 12.4 Å². The number of esters is 1. The molecule has 0 atom stereocenters. The number of anilines is 1. The van der Waals surface area contributed by atoms with Crippen molar-refractivity contribution in [3.05, 3.63) is 83.1 Å². The molecule has 3 aromatic rings. The van der Waals surface area contributed by atoms with Gasteiger partial charge in [0.2, 0.25) is 0 Å². The Bertz CT molecular complexity index is 1200. The van der Waals surface area contributed by atoms with Gasteiger partial charge in [-0.3, -0.25) is 14.5 Å². The first kappa shape index (κ1) is 22.3. The summed E-state index contributed by atoms with van der Waals surface area (Å²) in [5, 5.41) is 0.280. The zero-order chi connectivity index (χ0) is 22.4. The Balaban J connectivity index is 1.85. The minimum absolute atomic E-state index is 0.0624. The van der Waals surface area contributed by atoms with E-state index in [0.717, 1.165) is 0 Å². The molecule has 1 aromatic heterocycles. The standard InChI is InChI=1S/C21H17ClN2O6S/c1-29-20(25)13-30-16-5-7-17(8-6-16)31(27,28)24-19-9-4-15(22)11-18(19)21(26)14-3-2-10-23-12-14/h2-12,24H,13H2,1H3. The molecule has 0 unspecified atom stereocenters. The van der Waals surface area contributed by atoms with Gasteiger partial charge in [-0.2, -0.15) is 0 Å². The molecule has 0 bridgehead atoms. The van der Waals surface area contributed by atoms with Crippen LogP contribution in [0.1, 0.15) is 15.9 Å². The van der Waals surface area contributed by atoms with Crippen LogP contribution in [0.25, 0.3) is 0 Å². The van der Waals surface area contributed by atoms with E-state index < -0.39 is 21.8 Å². The van der Waals surface area contributed by atoms with Crippen LogP contribution in [-0.2, 0) is 19.6 Å². The second-order valence-corrected chi connectivity index (χ2v) is 8.32. The number of hydrogen-bond acceptors (Lipinski definition) is 7. The largest absolute Gasteiger partial charge is 0.482 e. The number of carbonyl (C=O) groups excluding carboxylic acids is 2. The van der Waals surface area contributed by atoms with Gasteiger partial charge in [-0.1, -0.05) is 11.6 Å². The number of aromatic nitrogens is 1. The molecule has 0 spiro atoms. The van der Waals surface area contributed by atoms with Crippen LogP contribution in [0.15, 0.2) is 71.9 Å². The second kappa shape index (κ2) is 9.59. The number of ether oxygens (including phenoxy) is 2. The molecule has 0 saturated carbocycles. The summed E-state index contributed by atoms with van der Waals surface area (Å²) < 4.78 is 37.8. The van der Waals surface area contributed by atoms with Crippen LogP contribution in [0.5, 0.6) is 5.75 Å². The third-order valence-corrected chi connectivity index (χ3v) is 5.73. The lowest BCUT2D eigenvalue weighted by Crippen LogP contribution is -2.16. The van der Waals surface area contributed by atoms with Gasteiger partial charge in [0.05, 0.1) is 17.7 Å². The second-order valence-electron chi connectivity index (χ2n) is 6.20. The minimum atomic E-state index is -4.03. The summed E-state index contributed by atoms with van der Waals surface area (Å²) in [6, 6.07) is 12.9. The van der Waals surface area contributed by atoms with Crippen LogP contribution in [0, 0.1) is 0 Å². The van der Waals surface area contributed by atoms with E-state index in [2.05, 4.69) is 14.4 Å². The maximum atomic E-state index is 12.9. The van der Waals surface area contributed by atoms with Gasteiger partial charge in [-0.15, -0.1) is 0 Å². The van der Waals surface area contributed by atoms with E-state index in [1.165, 1.54) is 62.0 Å². The van der Waals surface area contributed by atoms with Crippen molar-refractivity contribution >= 4 is 39.1 Å². The normalized spacial score (nSPS) is 10.9. The number of sulfonamides is 1. The molecule has 8 nitrogen and oxygen atoms in total. The molecule has 2 aromatic carbocycles. The number of nitrogens with zero attached hydrogens (tertiary/aromatic N) is 1. The average molecular weight is 461 g/mol. The number of hydrogen-bond donors (Lipinski definition) is 1. The molecule has 0 aliphatic carbocycles. The predicted octanol–water partition coefficient (Wildman–Crippen LogP) is 3.32. The van der Waals surface area contributed by atoms with E-state index in [-0.39, 0.29) is 33.3 Å². The molecule has 1 heterocycles. The van der Waals surface area contributed by atoms with Gasteiger partial charge in [0, 0.05) is 28.5 Å². The molecule has 1 N–H and O–H groups in total. The Hall–Kier alpha value is -3.43. The van der Waals surface area contributed by atoms with Crippen molar-refractivity contribution in [2.24, 2.45) is 0 Å². The van der Waals surface area contributed by atoms with E-state index in [4.69, 9.17) is 16.3 Å². The molecule has 0 aliphatic rings. The molecule has 31 heavy (non-hydrogen) atoms. The maximum Gasteiger partial charge on any atom is 0.343 e. The fourth-order valence-corrected chi connectivity index (χ4v) is 3.82. The number of carbonyl (C=O) groups is 2.